The van der Waals surface area contributed by atoms with Crippen molar-refractivity contribution in [2.75, 3.05) is 0 Å². The van der Waals surface area contributed by atoms with E-state index >= 15 is 0 Å². The Balaban J connectivity index is 1.78. The van der Waals surface area contributed by atoms with Gasteiger partial charge in [0, 0.05) is 12.4 Å². The van der Waals surface area contributed by atoms with E-state index in [1.54, 1.807) is 60.7 Å². The summed E-state index contributed by atoms with van der Waals surface area (Å²) < 4.78 is 26.9. The van der Waals surface area contributed by atoms with Crippen LogP contribution in [0, 0.1) is 0 Å². The molecule has 3 amide bonds. The number of rotatable bonds is 5. The van der Waals surface area contributed by atoms with Gasteiger partial charge in [0.25, 0.3) is 5.91 Å². The highest BCUT2D eigenvalue weighted by Gasteiger charge is 2.53. The third-order valence-electron chi connectivity index (χ3n) is 4.78. The molecule has 1 saturated heterocycles. The number of imide groups is 1. The smallest absolute Gasteiger partial charge is 0.315 e. The Morgan fingerprint density at radius 2 is 1.54 bits per heavy atom. The number of amides is 3. The molecule has 0 spiro atoms. The monoisotopic (exact) mass is 382 g/mol. The summed E-state index contributed by atoms with van der Waals surface area (Å²) in [7, 11) is 0. The molecule has 1 fully saturated rings. The van der Waals surface area contributed by atoms with E-state index in [-0.39, 0.29) is 12.4 Å². The molecule has 0 atom stereocenters. The Hall–Kier alpha value is -3.55. The quantitative estimate of drug-likeness (QED) is 0.689. The lowest BCUT2D eigenvalue weighted by Gasteiger charge is -2.28. The maximum atomic E-state index is 13.5. The summed E-state index contributed by atoms with van der Waals surface area (Å²) in [6.45, 7) is -3.17. The van der Waals surface area contributed by atoms with Gasteiger partial charge in [-0.15, -0.1) is 0 Å². The first-order valence-corrected chi connectivity index (χ1v) is 8.59. The number of hydrogen-bond donors (Lipinski definition) is 1. The molecule has 0 radical (unpaired) electrons. The van der Waals surface area contributed by atoms with Crippen LogP contribution in [0.25, 0.3) is 0 Å². The molecule has 28 heavy (non-hydrogen) atoms. The van der Waals surface area contributed by atoms with Crippen molar-refractivity contribution in [2.24, 2.45) is 0 Å². The number of carbonyl (C=O) groups is 2. The summed E-state index contributed by atoms with van der Waals surface area (Å²) in [5.74, 6) is -0.617. The van der Waals surface area contributed by atoms with E-state index in [0.29, 0.717) is 15.7 Å². The van der Waals surface area contributed by atoms with Crippen LogP contribution >= 0.6 is 0 Å². The van der Waals surface area contributed by atoms with Crippen LogP contribution in [-0.4, -0.2) is 26.4 Å². The van der Waals surface area contributed by atoms with E-state index in [1.165, 1.54) is 6.20 Å². The first kappa shape index (κ1) is 17.8. The van der Waals surface area contributed by atoms with Gasteiger partial charge in [-0.2, -0.15) is 8.78 Å². The molecule has 2 heterocycles. The van der Waals surface area contributed by atoms with Crippen LogP contribution in [-0.2, 0) is 16.9 Å². The van der Waals surface area contributed by atoms with Crippen molar-refractivity contribution in [1.29, 1.82) is 0 Å². The van der Waals surface area contributed by atoms with Gasteiger partial charge in [0.2, 0.25) is 0 Å². The number of carbonyl (C=O) groups excluding carboxylic acids is 2. The fraction of sp³-hybridized carbons (Fsp3) is 0.150. The standard InChI is InChI=1S/C20H16F2N4O2/c21-18(22)25-12-11-23-16(25)13-26-17(27)20(24-19(26)28,14-7-3-1-4-8-14)15-9-5-2-6-10-15/h1-12,18H,13H2,(H,24,28). The lowest BCUT2D eigenvalue weighted by Crippen LogP contribution is -2.45. The molecule has 1 N–H and O–H groups in total. The van der Waals surface area contributed by atoms with Crippen molar-refractivity contribution < 1.29 is 18.4 Å². The molecular weight excluding hydrogens is 366 g/mol. The first-order chi connectivity index (χ1) is 13.5. The highest BCUT2D eigenvalue weighted by molar-refractivity contribution is 6.09. The first-order valence-electron chi connectivity index (χ1n) is 8.59. The number of imidazole rings is 1. The predicted molar refractivity (Wildman–Crippen MR) is 96.2 cm³/mol. The number of aromatic nitrogens is 2. The summed E-state index contributed by atoms with van der Waals surface area (Å²) in [5, 5.41) is 2.77. The molecule has 8 heteroatoms. The van der Waals surface area contributed by atoms with E-state index in [2.05, 4.69) is 10.3 Å². The van der Waals surface area contributed by atoms with Crippen molar-refractivity contribution in [1.82, 2.24) is 19.8 Å². The van der Waals surface area contributed by atoms with E-state index in [1.807, 2.05) is 0 Å². The van der Waals surface area contributed by atoms with Crippen LogP contribution in [0.1, 0.15) is 23.5 Å². The number of nitrogens with zero attached hydrogens (tertiary/aromatic N) is 3. The fourth-order valence-corrected chi connectivity index (χ4v) is 3.44. The van der Waals surface area contributed by atoms with Crippen LogP contribution in [0.2, 0.25) is 0 Å². The van der Waals surface area contributed by atoms with Gasteiger partial charge in [-0.3, -0.25) is 14.3 Å². The SMILES string of the molecule is O=C1NC(c2ccccc2)(c2ccccc2)C(=O)N1Cc1nccn1C(F)F. The molecule has 4 rings (SSSR count). The van der Waals surface area contributed by atoms with Crippen molar-refractivity contribution in [3.63, 3.8) is 0 Å². The van der Waals surface area contributed by atoms with Gasteiger partial charge in [0.05, 0.1) is 6.54 Å². The summed E-state index contributed by atoms with van der Waals surface area (Å²) in [4.78, 5) is 31.0. The summed E-state index contributed by atoms with van der Waals surface area (Å²) in [6.07, 6.45) is 2.32. The normalized spacial score (nSPS) is 15.9. The molecule has 0 unspecified atom stereocenters. The molecule has 0 saturated carbocycles. The van der Waals surface area contributed by atoms with Gasteiger partial charge in [-0.05, 0) is 11.1 Å². The van der Waals surface area contributed by atoms with E-state index in [0.717, 1.165) is 11.1 Å². The molecule has 1 aliphatic rings. The minimum absolute atomic E-state index is 0.0737. The van der Waals surface area contributed by atoms with Gasteiger partial charge >= 0.3 is 12.6 Å². The Kier molecular flexibility index (Phi) is 4.38. The number of benzene rings is 2. The Morgan fingerprint density at radius 1 is 0.964 bits per heavy atom. The minimum Gasteiger partial charge on any atom is -0.315 e. The van der Waals surface area contributed by atoms with Crippen LogP contribution < -0.4 is 5.32 Å². The molecule has 142 valence electrons. The molecule has 3 aromatic rings. The maximum Gasteiger partial charge on any atom is 0.325 e. The van der Waals surface area contributed by atoms with E-state index in [9.17, 15) is 18.4 Å². The van der Waals surface area contributed by atoms with Crippen LogP contribution in [0.5, 0.6) is 0 Å². The molecule has 2 aromatic carbocycles. The molecule has 6 nitrogen and oxygen atoms in total. The largest absolute Gasteiger partial charge is 0.325 e. The second-order valence-electron chi connectivity index (χ2n) is 6.33. The Morgan fingerprint density at radius 3 is 2.07 bits per heavy atom. The highest BCUT2D eigenvalue weighted by Crippen LogP contribution is 2.36. The van der Waals surface area contributed by atoms with Crippen LogP contribution in [0.3, 0.4) is 0 Å². The zero-order chi connectivity index (χ0) is 19.7. The third kappa shape index (κ3) is 2.74. The van der Waals surface area contributed by atoms with E-state index < -0.39 is 24.0 Å². The van der Waals surface area contributed by atoms with Gasteiger partial charge < -0.3 is 5.32 Å². The van der Waals surface area contributed by atoms with Crippen LogP contribution in [0.4, 0.5) is 13.6 Å². The molecule has 0 bridgehead atoms. The van der Waals surface area contributed by atoms with Gasteiger partial charge in [0.15, 0.2) is 5.54 Å². The minimum atomic E-state index is -2.81. The second-order valence-corrected chi connectivity index (χ2v) is 6.33. The van der Waals surface area contributed by atoms with Gasteiger partial charge in [-0.25, -0.2) is 9.78 Å². The predicted octanol–water partition coefficient (Wildman–Crippen LogP) is 3.27. The summed E-state index contributed by atoms with van der Waals surface area (Å²) in [6, 6.07) is 17.0. The lowest BCUT2D eigenvalue weighted by atomic mass is 9.82. The number of nitrogens with one attached hydrogen (secondary N) is 1. The summed E-state index contributed by atoms with van der Waals surface area (Å²) >= 11 is 0. The topological polar surface area (TPSA) is 67.2 Å². The van der Waals surface area contributed by atoms with Crippen molar-refractivity contribution in [3.8, 4) is 0 Å². The molecule has 1 aromatic heterocycles. The fourth-order valence-electron chi connectivity index (χ4n) is 3.44. The number of alkyl halides is 2. The van der Waals surface area contributed by atoms with Crippen molar-refractivity contribution in [3.05, 3.63) is 90.0 Å². The zero-order valence-corrected chi connectivity index (χ0v) is 14.6. The molecule has 0 aliphatic carbocycles. The average Bonchev–Trinajstić information content (AvgIpc) is 3.28. The average molecular weight is 382 g/mol. The lowest BCUT2D eigenvalue weighted by molar-refractivity contribution is -0.130. The van der Waals surface area contributed by atoms with Gasteiger partial charge in [0.1, 0.15) is 5.82 Å². The van der Waals surface area contributed by atoms with E-state index in [4.69, 9.17) is 0 Å². The molecular formula is C20H16F2N4O2. The Labute approximate surface area is 159 Å². The summed E-state index contributed by atoms with van der Waals surface area (Å²) in [5.41, 5.74) is -0.263. The van der Waals surface area contributed by atoms with Crippen LogP contribution in [0.15, 0.2) is 73.1 Å². The van der Waals surface area contributed by atoms with Crippen molar-refractivity contribution in [2.45, 2.75) is 18.6 Å². The maximum absolute atomic E-state index is 13.5. The zero-order valence-electron chi connectivity index (χ0n) is 14.6. The number of hydrogen-bond acceptors (Lipinski definition) is 3. The number of halogens is 2. The van der Waals surface area contributed by atoms with Crippen molar-refractivity contribution >= 4 is 11.9 Å². The number of urea groups is 1. The van der Waals surface area contributed by atoms with Gasteiger partial charge in [-0.1, -0.05) is 60.7 Å². The third-order valence-corrected chi connectivity index (χ3v) is 4.78. The molecule has 1 aliphatic heterocycles. The second kappa shape index (κ2) is 6.88. The highest BCUT2D eigenvalue weighted by atomic mass is 19.3. The Bertz CT molecular complexity index is 966.